The van der Waals surface area contributed by atoms with E-state index in [0.717, 1.165) is 21.5 Å². The summed E-state index contributed by atoms with van der Waals surface area (Å²) in [6, 6.07) is 9.80. The Morgan fingerprint density at radius 2 is 2.10 bits per heavy atom. The highest BCUT2D eigenvalue weighted by Crippen LogP contribution is 2.23. The monoisotopic (exact) mass is 336 g/mol. The lowest BCUT2D eigenvalue weighted by atomic mass is 10.2. The number of nitrogens with one attached hydrogen (secondary N) is 1. The summed E-state index contributed by atoms with van der Waals surface area (Å²) in [5, 5.41) is 11.5. The van der Waals surface area contributed by atoms with Gasteiger partial charge >= 0.3 is 0 Å². The summed E-state index contributed by atoms with van der Waals surface area (Å²) >= 11 is 3.46. The fourth-order valence-corrected chi connectivity index (χ4v) is 2.66. The minimum atomic E-state index is -0.159. The van der Waals surface area contributed by atoms with E-state index < -0.39 is 0 Å². The van der Waals surface area contributed by atoms with E-state index in [4.69, 9.17) is 5.11 Å². The number of carbonyl (C=O) groups excluding carboxylic acids is 1. The second kappa shape index (κ2) is 6.24. The number of nitrogens with zero attached hydrogens (tertiary/aromatic N) is 1. The third kappa shape index (κ3) is 2.94. The molecule has 0 saturated carbocycles. The molecule has 1 heterocycles. The highest BCUT2D eigenvalue weighted by molar-refractivity contribution is 9.10. The lowest BCUT2D eigenvalue weighted by Gasteiger charge is -2.10. The van der Waals surface area contributed by atoms with Gasteiger partial charge in [0.2, 0.25) is 0 Å². The van der Waals surface area contributed by atoms with Gasteiger partial charge in [0.25, 0.3) is 5.91 Å². The van der Waals surface area contributed by atoms with E-state index in [9.17, 15) is 4.79 Å². The zero-order valence-electron chi connectivity index (χ0n) is 11.5. The average Bonchev–Trinajstić information content (AvgIpc) is 2.71. The zero-order valence-corrected chi connectivity index (χ0v) is 13.1. The molecule has 4 nitrogen and oxygen atoms in total. The molecule has 0 radical (unpaired) electrons. The van der Waals surface area contributed by atoms with Gasteiger partial charge in [0.1, 0.15) is 0 Å². The molecule has 0 aliphatic carbocycles. The van der Waals surface area contributed by atoms with Crippen molar-refractivity contribution in [2.75, 3.05) is 13.2 Å². The van der Waals surface area contributed by atoms with E-state index in [1.165, 1.54) is 0 Å². The fraction of sp³-hybridized carbons (Fsp3) is 0.267. The summed E-state index contributed by atoms with van der Waals surface area (Å²) in [6.07, 6.45) is 0. The van der Waals surface area contributed by atoms with Gasteiger partial charge in [0, 0.05) is 28.1 Å². The molecule has 0 saturated heterocycles. The lowest BCUT2D eigenvalue weighted by molar-refractivity contribution is 0.0944. The number of benzene rings is 1. The Bertz CT molecular complexity index is 635. The molecule has 1 aromatic heterocycles. The SMILES string of the molecule is Cc1cc(C(=O)NCCO)c(C)n1-c1cccc(Br)c1. The smallest absolute Gasteiger partial charge is 0.253 e. The summed E-state index contributed by atoms with van der Waals surface area (Å²) in [5.74, 6) is -0.159. The average molecular weight is 337 g/mol. The van der Waals surface area contributed by atoms with Crippen molar-refractivity contribution in [3.05, 3.63) is 51.8 Å². The predicted molar refractivity (Wildman–Crippen MR) is 82.4 cm³/mol. The molecule has 2 N–H and O–H groups in total. The van der Waals surface area contributed by atoms with Crippen molar-refractivity contribution in [2.24, 2.45) is 0 Å². The van der Waals surface area contributed by atoms with Crippen molar-refractivity contribution in [3.63, 3.8) is 0 Å². The molecule has 0 aliphatic rings. The molecule has 0 aliphatic heterocycles. The molecule has 20 heavy (non-hydrogen) atoms. The number of aliphatic hydroxyl groups is 1. The number of halogens is 1. The second-order valence-electron chi connectivity index (χ2n) is 4.58. The molecule has 0 spiro atoms. The largest absolute Gasteiger partial charge is 0.395 e. The standard InChI is InChI=1S/C15H17BrN2O2/c1-10-8-14(15(20)17-6-7-19)11(2)18(10)13-5-3-4-12(16)9-13/h3-5,8-9,19H,6-7H2,1-2H3,(H,17,20). The van der Waals surface area contributed by atoms with Crippen molar-refractivity contribution < 1.29 is 9.90 Å². The first-order chi connectivity index (χ1) is 9.54. The van der Waals surface area contributed by atoms with Crippen LogP contribution in [0, 0.1) is 13.8 Å². The van der Waals surface area contributed by atoms with Gasteiger partial charge in [0.05, 0.1) is 12.2 Å². The molecule has 5 heteroatoms. The maximum Gasteiger partial charge on any atom is 0.253 e. The van der Waals surface area contributed by atoms with Crippen molar-refractivity contribution in [3.8, 4) is 5.69 Å². The van der Waals surface area contributed by atoms with Crippen LogP contribution >= 0.6 is 15.9 Å². The van der Waals surface area contributed by atoms with E-state index >= 15 is 0 Å². The van der Waals surface area contributed by atoms with Crippen LogP contribution < -0.4 is 5.32 Å². The summed E-state index contributed by atoms with van der Waals surface area (Å²) in [4.78, 5) is 12.0. The van der Waals surface area contributed by atoms with Crippen LogP contribution in [0.5, 0.6) is 0 Å². The number of hydrogen-bond acceptors (Lipinski definition) is 2. The van der Waals surface area contributed by atoms with Gasteiger partial charge in [-0.25, -0.2) is 0 Å². The summed E-state index contributed by atoms with van der Waals surface area (Å²) in [6.45, 7) is 4.09. The third-order valence-corrected chi connectivity index (χ3v) is 3.63. The molecule has 106 valence electrons. The van der Waals surface area contributed by atoms with Crippen LogP contribution in [0.25, 0.3) is 5.69 Å². The number of carbonyl (C=O) groups is 1. The number of aromatic nitrogens is 1. The minimum Gasteiger partial charge on any atom is -0.395 e. The highest BCUT2D eigenvalue weighted by atomic mass is 79.9. The molecule has 1 aromatic carbocycles. The summed E-state index contributed by atoms with van der Waals surface area (Å²) in [5.41, 5.74) is 3.53. The van der Waals surface area contributed by atoms with Crippen molar-refractivity contribution in [1.82, 2.24) is 9.88 Å². The second-order valence-corrected chi connectivity index (χ2v) is 5.50. The Morgan fingerprint density at radius 3 is 2.75 bits per heavy atom. The number of hydrogen-bond donors (Lipinski definition) is 2. The molecule has 2 rings (SSSR count). The quantitative estimate of drug-likeness (QED) is 0.901. The van der Waals surface area contributed by atoms with Crippen molar-refractivity contribution >= 4 is 21.8 Å². The van der Waals surface area contributed by atoms with Gasteiger partial charge < -0.3 is 15.0 Å². The number of amides is 1. The number of aliphatic hydroxyl groups excluding tert-OH is 1. The van der Waals surface area contributed by atoms with Gasteiger partial charge in [0.15, 0.2) is 0 Å². The molecular formula is C15H17BrN2O2. The van der Waals surface area contributed by atoms with E-state index in [0.29, 0.717) is 5.56 Å². The maximum atomic E-state index is 12.0. The third-order valence-electron chi connectivity index (χ3n) is 3.14. The molecule has 1 amide bonds. The van der Waals surface area contributed by atoms with Crippen LogP contribution in [-0.4, -0.2) is 28.7 Å². The Kier molecular flexibility index (Phi) is 4.62. The first-order valence-electron chi connectivity index (χ1n) is 6.38. The van der Waals surface area contributed by atoms with E-state index in [2.05, 4.69) is 21.2 Å². The fourth-order valence-electron chi connectivity index (χ4n) is 2.27. The zero-order chi connectivity index (χ0) is 14.7. The van der Waals surface area contributed by atoms with Gasteiger partial charge in [-0.2, -0.15) is 0 Å². The Balaban J connectivity index is 2.41. The number of rotatable bonds is 4. The molecule has 0 bridgehead atoms. The van der Waals surface area contributed by atoms with Gasteiger partial charge in [-0.1, -0.05) is 22.0 Å². The van der Waals surface area contributed by atoms with Crippen LogP contribution in [0.3, 0.4) is 0 Å². The van der Waals surface area contributed by atoms with Crippen LogP contribution in [0.2, 0.25) is 0 Å². The van der Waals surface area contributed by atoms with Gasteiger partial charge in [-0.15, -0.1) is 0 Å². The summed E-state index contributed by atoms with van der Waals surface area (Å²) in [7, 11) is 0. The Labute approximate surface area is 126 Å². The van der Waals surface area contributed by atoms with Crippen LogP contribution in [0.4, 0.5) is 0 Å². The Hall–Kier alpha value is -1.59. The first kappa shape index (κ1) is 14.8. The lowest BCUT2D eigenvalue weighted by Crippen LogP contribution is -2.26. The van der Waals surface area contributed by atoms with Crippen molar-refractivity contribution in [2.45, 2.75) is 13.8 Å². The molecule has 2 aromatic rings. The topological polar surface area (TPSA) is 54.3 Å². The predicted octanol–water partition coefficient (Wildman–Crippen LogP) is 2.58. The van der Waals surface area contributed by atoms with Crippen LogP contribution in [0.15, 0.2) is 34.8 Å². The summed E-state index contributed by atoms with van der Waals surface area (Å²) < 4.78 is 3.03. The van der Waals surface area contributed by atoms with Gasteiger partial charge in [-0.05, 0) is 38.1 Å². The van der Waals surface area contributed by atoms with Crippen molar-refractivity contribution in [1.29, 1.82) is 0 Å². The van der Waals surface area contributed by atoms with Gasteiger partial charge in [-0.3, -0.25) is 4.79 Å². The molecule has 0 fully saturated rings. The van der Waals surface area contributed by atoms with Crippen LogP contribution in [0.1, 0.15) is 21.7 Å². The maximum absolute atomic E-state index is 12.0. The van der Waals surface area contributed by atoms with E-state index in [-0.39, 0.29) is 19.1 Å². The minimum absolute atomic E-state index is 0.0594. The molecule has 0 unspecified atom stereocenters. The van der Waals surface area contributed by atoms with Crippen LogP contribution in [-0.2, 0) is 0 Å². The first-order valence-corrected chi connectivity index (χ1v) is 7.18. The molecular weight excluding hydrogens is 320 g/mol. The Morgan fingerprint density at radius 1 is 1.35 bits per heavy atom. The normalized spacial score (nSPS) is 10.6. The number of aryl methyl sites for hydroxylation is 1. The van der Waals surface area contributed by atoms with E-state index in [1.54, 1.807) is 0 Å². The highest BCUT2D eigenvalue weighted by Gasteiger charge is 2.16. The molecule has 0 atom stereocenters. The van der Waals surface area contributed by atoms with E-state index in [1.807, 2.05) is 48.7 Å².